The predicted molar refractivity (Wildman–Crippen MR) is 70.0 cm³/mol. The number of methoxy groups -OCH3 is 1. The summed E-state index contributed by atoms with van der Waals surface area (Å²) in [6, 6.07) is 3.69. The maximum absolute atomic E-state index is 12.1. The van der Waals surface area contributed by atoms with E-state index in [2.05, 4.69) is 22.5 Å². The summed E-state index contributed by atoms with van der Waals surface area (Å²) in [5.41, 5.74) is 0. The highest BCUT2D eigenvalue weighted by molar-refractivity contribution is 9.11. The van der Waals surface area contributed by atoms with Crippen molar-refractivity contribution in [2.45, 2.75) is 0 Å². The van der Waals surface area contributed by atoms with Gasteiger partial charge >= 0.3 is 0 Å². The van der Waals surface area contributed by atoms with Crippen LogP contribution in [-0.4, -0.2) is 37.6 Å². The molecule has 0 saturated heterocycles. The fourth-order valence-corrected chi connectivity index (χ4v) is 2.57. The quantitative estimate of drug-likeness (QED) is 0.756. The number of ether oxygens (including phenoxy) is 1. The van der Waals surface area contributed by atoms with Crippen molar-refractivity contribution >= 4 is 33.2 Å². The first-order chi connectivity index (χ1) is 7.69. The average molecular weight is 304 g/mol. The third-order valence-electron chi connectivity index (χ3n) is 1.99. The third kappa shape index (κ3) is 3.73. The zero-order valence-corrected chi connectivity index (χ0v) is 11.5. The largest absolute Gasteiger partial charge is 0.383 e. The number of hydrogen-bond donors (Lipinski definition) is 0. The Morgan fingerprint density at radius 1 is 1.69 bits per heavy atom. The van der Waals surface area contributed by atoms with Crippen molar-refractivity contribution in [1.82, 2.24) is 4.90 Å². The van der Waals surface area contributed by atoms with E-state index in [0.717, 1.165) is 8.66 Å². The summed E-state index contributed by atoms with van der Waals surface area (Å²) in [4.78, 5) is 14.5. The molecule has 1 aromatic rings. The van der Waals surface area contributed by atoms with E-state index in [1.165, 1.54) is 11.3 Å². The van der Waals surface area contributed by atoms with Gasteiger partial charge in [-0.15, -0.1) is 17.9 Å². The SMILES string of the molecule is C=CCN(CCOC)C(=O)c1ccc(Br)s1. The Labute approximate surface area is 108 Å². The van der Waals surface area contributed by atoms with Gasteiger partial charge in [0, 0.05) is 20.2 Å². The van der Waals surface area contributed by atoms with Gasteiger partial charge in [0.2, 0.25) is 0 Å². The summed E-state index contributed by atoms with van der Waals surface area (Å²) in [7, 11) is 1.62. The molecule has 0 radical (unpaired) electrons. The van der Waals surface area contributed by atoms with Crippen molar-refractivity contribution in [1.29, 1.82) is 0 Å². The van der Waals surface area contributed by atoms with Crippen LogP contribution in [0.25, 0.3) is 0 Å². The Morgan fingerprint density at radius 3 is 2.94 bits per heavy atom. The minimum absolute atomic E-state index is 0.0210. The van der Waals surface area contributed by atoms with Gasteiger partial charge < -0.3 is 9.64 Å². The molecule has 0 aromatic carbocycles. The van der Waals surface area contributed by atoms with E-state index in [1.54, 1.807) is 18.1 Å². The van der Waals surface area contributed by atoms with Crippen molar-refractivity contribution in [3.63, 3.8) is 0 Å². The lowest BCUT2D eigenvalue weighted by molar-refractivity contribution is 0.0723. The lowest BCUT2D eigenvalue weighted by Gasteiger charge is -2.19. The van der Waals surface area contributed by atoms with E-state index in [9.17, 15) is 4.79 Å². The van der Waals surface area contributed by atoms with Gasteiger partial charge in [-0.3, -0.25) is 4.79 Å². The molecule has 1 rings (SSSR count). The molecule has 0 unspecified atom stereocenters. The molecule has 88 valence electrons. The molecule has 0 bridgehead atoms. The van der Waals surface area contributed by atoms with Gasteiger partial charge in [-0.25, -0.2) is 0 Å². The Kier molecular flexibility index (Phi) is 5.73. The summed E-state index contributed by atoms with van der Waals surface area (Å²) in [5.74, 6) is 0.0210. The molecule has 16 heavy (non-hydrogen) atoms. The summed E-state index contributed by atoms with van der Waals surface area (Å²) >= 11 is 4.78. The first-order valence-corrected chi connectivity index (χ1v) is 6.44. The highest BCUT2D eigenvalue weighted by Crippen LogP contribution is 2.23. The van der Waals surface area contributed by atoms with Crippen LogP contribution in [0.5, 0.6) is 0 Å². The topological polar surface area (TPSA) is 29.5 Å². The Balaban J connectivity index is 2.69. The van der Waals surface area contributed by atoms with Crippen molar-refractivity contribution < 1.29 is 9.53 Å². The molecular formula is C11H14BrNO2S. The van der Waals surface area contributed by atoms with Crippen LogP contribution in [0.4, 0.5) is 0 Å². The summed E-state index contributed by atoms with van der Waals surface area (Å²) in [6.07, 6.45) is 1.72. The summed E-state index contributed by atoms with van der Waals surface area (Å²) < 4.78 is 5.94. The molecule has 3 nitrogen and oxygen atoms in total. The van der Waals surface area contributed by atoms with Gasteiger partial charge in [0.25, 0.3) is 5.91 Å². The molecule has 0 aliphatic rings. The zero-order chi connectivity index (χ0) is 12.0. The molecule has 1 aromatic heterocycles. The second kappa shape index (κ2) is 6.83. The van der Waals surface area contributed by atoms with E-state index in [4.69, 9.17) is 4.74 Å². The lowest BCUT2D eigenvalue weighted by atomic mass is 10.3. The zero-order valence-electron chi connectivity index (χ0n) is 9.11. The van der Waals surface area contributed by atoms with Gasteiger partial charge in [-0.2, -0.15) is 0 Å². The molecule has 0 spiro atoms. The molecule has 0 atom stereocenters. The number of rotatable bonds is 6. The lowest BCUT2D eigenvalue weighted by Crippen LogP contribution is -2.33. The number of hydrogen-bond acceptors (Lipinski definition) is 3. The molecule has 1 amide bonds. The number of amides is 1. The van der Waals surface area contributed by atoms with Crippen LogP contribution in [0.15, 0.2) is 28.6 Å². The molecule has 0 fully saturated rings. The molecular weight excluding hydrogens is 290 g/mol. The van der Waals surface area contributed by atoms with Crippen LogP contribution in [0.1, 0.15) is 9.67 Å². The van der Waals surface area contributed by atoms with Gasteiger partial charge in [-0.1, -0.05) is 6.08 Å². The number of carbonyl (C=O) groups is 1. The smallest absolute Gasteiger partial charge is 0.264 e. The van der Waals surface area contributed by atoms with Crippen molar-refractivity contribution in [2.24, 2.45) is 0 Å². The fourth-order valence-electron chi connectivity index (χ4n) is 1.22. The van der Waals surface area contributed by atoms with Gasteiger partial charge in [-0.05, 0) is 28.1 Å². The Bertz CT molecular complexity index is 365. The molecule has 0 N–H and O–H groups in total. The van der Waals surface area contributed by atoms with Crippen molar-refractivity contribution in [3.05, 3.63) is 33.5 Å². The maximum atomic E-state index is 12.1. The number of thiophene rings is 1. The summed E-state index contributed by atoms with van der Waals surface area (Å²) in [5, 5.41) is 0. The predicted octanol–water partition coefficient (Wildman–Crippen LogP) is 2.79. The van der Waals surface area contributed by atoms with Crippen molar-refractivity contribution in [3.8, 4) is 0 Å². The monoisotopic (exact) mass is 303 g/mol. The van der Waals surface area contributed by atoms with Crippen LogP contribution in [0, 0.1) is 0 Å². The standard InChI is InChI=1S/C11H14BrNO2S/c1-3-6-13(7-8-15-2)11(14)9-4-5-10(12)16-9/h3-5H,1,6-8H2,2H3. The average Bonchev–Trinajstić information content (AvgIpc) is 2.70. The van der Waals surface area contributed by atoms with Crippen molar-refractivity contribution in [2.75, 3.05) is 26.8 Å². The first kappa shape index (κ1) is 13.4. The van der Waals surface area contributed by atoms with Gasteiger partial charge in [0.1, 0.15) is 0 Å². The minimum Gasteiger partial charge on any atom is -0.383 e. The normalized spacial score (nSPS) is 10.1. The molecule has 0 aliphatic heterocycles. The second-order valence-electron chi connectivity index (χ2n) is 3.14. The number of carbonyl (C=O) groups excluding carboxylic acids is 1. The van der Waals surface area contributed by atoms with Crippen LogP contribution in [0.2, 0.25) is 0 Å². The van der Waals surface area contributed by atoms with Crippen LogP contribution in [0.3, 0.4) is 0 Å². The van der Waals surface area contributed by atoms with E-state index < -0.39 is 0 Å². The maximum Gasteiger partial charge on any atom is 0.264 e. The van der Waals surface area contributed by atoms with E-state index >= 15 is 0 Å². The van der Waals surface area contributed by atoms with E-state index in [-0.39, 0.29) is 5.91 Å². The number of nitrogens with zero attached hydrogens (tertiary/aromatic N) is 1. The van der Waals surface area contributed by atoms with Gasteiger partial charge in [0.05, 0.1) is 15.3 Å². The molecule has 0 saturated carbocycles. The highest BCUT2D eigenvalue weighted by Gasteiger charge is 2.15. The van der Waals surface area contributed by atoms with Crippen LogP contribution < -0.4 is 0 Å². The van der Waals surface area contributed by atoms with E-state index in [0.29, 0.717) is 19.7 Å². The highest BCUT2D eigenvalue weighted by atomic mass is 79.9. The fraction of sp³-hybridized carbons (Fsp3) is 0.364. The third-order valence-corrected chi connectivity index (χ3v) is 3.60. The van der Waals surface area contributed by atoms with Crippen LogP contribution in [-0.2, 0) is 4.74 Å². The molecule has 0 aliphatic carbocycles. The number of halogens is 1. The van der Waals surface area contributed by atoms with Gasteiger partial charge in [0.15, 0.2) is 0 Å². The minimum atomic E-state index is 0.0210. The Hall–Kier alpha value is -0.650. The van der Waals surface area contributed by atoms with Crippen LogP contribution >= 0.6 is 27.3 Å². The first-order valence-electron chi connectivity index (χ1n) is 4.83. The molecule has 5 heteroatoms. The Morgan fingerprint density at radius 2 is 2.44 bits per heavy atom. The second-order valence-corrected chi connectivity index (χ2v) is 5.60. The van der Waals surface area contributed by atoms with E-state index in [1.807, 2.05) is 12.1 Å². The molecule has 1 heterocycles. The summed E-state index contributed by atoms with van der Waals surface area (Å²) in [6.45, 7) is 5.30.